The standard InChI is InChI=1S/C13H14N2O5S/c1-20-10-4-2-3-9-11(10)12(16)15(13(17)14-9)8-5-6-21(18,19)7-8/h2-4,8H,5-7H2,1H3,(H,14,17). The first-order valence-corrected chi connectivity index (χ1v) is 8.27. The highest BCUT2D eigenvalue weighted by molar-refractivity contribution is 7.91. The maximum Gasteiger partial charge on any atom is 0.329 e. The van der Waals surface area contributed by atoms with Crippen molar-refractivity contribution < 1.29 is 13.2 Å². The molecule has 1 aliphatic heterocycles. The average Bonchev–Trinajstić information content (AvgIpc) is 2.77. The first-order chi connectivity index (χ1) is 9.93. The molecule has 0 bridgehead atoms. The van der Waals surface area contributed by atoms with E-state index in [2.05, 4.69) is 4.98 Å². The molecular formula is C13H14N2O5S. The van der Waals surface area contributed by atoms with Gasteiger partial charge in [0, 0.05) is 0 Å². The van der Waals surface area contributed by atoms with E-state index in [0.717, 1.165) is 4.57 Å². The summed E-state index contributed by atoms with van der Waals surface area (Å²) in [5, 5.41) is 0.254. The molecule has 0 spiro atoms. The normalized spacial score (nSPS) is 20.7. The molecule has 1 aromatic carbocycles. The van der Waals surface area contributed by atoms with Crippen molar-refractivity contribution >= 4 is 20.7 Å². The lowest BCUT2D eigenvalue weighted by atomic mass is 10.2. The van der Waals surface area contributed by atoms with Crippen LogP contribution in [-0.2, 0) is 9.84 Å². The highest BCUT2D eigenvalue weighted by Gasteiger charge is 2.31. The number of nitrogens with one attached hydrogen (secondary N) is 1. The third-order valence-electron chi connectivity index (χ3n) is 3.71. The van der Waals surface area contributed by atoms with Gasteiger partial charge in [-0.25, -0.2) is 13.2 Å². The Labute approximate surface area is 120 Å². The molecule has 112 valence electrons. The smallest absolute Gasteiger partial charge is 0.329 e. The van der Waals surface area contributed by atoms with Crippen LogP contribution in [0.3, 0.4) is 0 Å². The summed E-state index contributed by atoms with van der Waals surface area (Å²) in [5.41, 5.74) is -0.738. The zero-order valence-electron chi connectivity index (χ0n) is 11.3. The number of nitrogens with zero attached hydrogens (tertiary/aromatic N) is 1. The predicted octanol–water partition coefficient (Wildman–Crippen LogP) is 0.0580. The molecule has 2 aromatic rings. The van der Waals surface area contributed by atoms with Crippen LogP contribution >= 0.6 is 0 Å². The van der Waals surface area contributed by atoms with Gasteiger partial charge >= 0.3 is 5.69 Å². The van der Waals surface area contributed by atoms with Gasteiger partial charge in [0.05, 0.1) is 30.2 Å². The van der Waals surface area contributed by atoms with Crippen LogP contribution in [0.15, 0.2) is 27.8 Å². The molecule has 1 aromatic heterocycles. The SMILES string of the molecule is COc1cccc2[nH]c(=O)n(C3CCS(=O)(=O)C3)c(=O)c12. The summed E-state index contributed by atoms with van der Waals surface area (Å²) in [7, 11) is -1.76. The van der Waals surface area contributed by atoms with E-state index < -0.39 is 27.1 Å². The fourth-order valence-electron chi connectivity index (χ4n) is 2.72. The van der Waals surface area contributed by atoms with E-state index in [4.69, 9.17) is 4.74 Å². The highest BCUT2D eigenvalue weighted by atomic mass is 32.2. The van der Waals surface area contributed by atoms with Crippen LogP contribution in [0.1, 0.15) is 12.5 Å². The Balaban J connectivity index is 2.30. The maximum absolute atomic E-state index is 12.6. The number of H-pyrrole nitrogens is 1. The molecule has 1 fully saturated rings. The second kappa shape index (κ2) is 4.73. The molecule has 1 aliphatic rings. The summed E-state index contributed by atoms with van der Waals surface area (Å²) in [6.07, 6.45) is 0.270. The van der Waals surface area contributed by atoms with Crippen molar-refractivity contribution in [1.29, 1.82) is 0 Å². The maximum atomic E-state index is 12.6. The van der Waals surface area contributed by atoms with Crippen LogP contribution in [0.2, 0.25) is 0 Å². The fourth-order valence-corrected chi connectivity index (χ4v) is 4.42. The van der Waals surface area contributed by atoms with Gasteiger partial charge in [-0.05, 0) is 18.6 Å². The number of fused-ring (bicyclic) bond motifs is 1. The summed E-state index contributed by atoms with van der Waals surface area (Å²) in [4.78, 5) is 27.3. The summed E-state index contributed by atoms with van der Waals surface area (Å²) >= 11 is 0. The molecule has 1 N–H and O–H groups in total. The number of benzene rings is 1. The Kier molecular flexibility index (Phi) is 3.12. The van der Waals surface area contributed by atoms with Gasteiger partial charge in [0.2, 0.25) is 0 Å². The van der Waals surface area contributed by atoms with Crippen molar-refractivity contribution in [2.75, 3.05) is 18.6 Å². The molecule has 3 rings (SSSR count). The second-order valence-electron chi connectivity index (χ2n) is 5.05. The number of aromatic nitrogens is 2. The Bertz CT molecular complexity index is 926. The van der Waals surface area contributed by atoms with Crippen LogP contribution in [-0.4, -0.2) is 36.6 Å². The van der Waals surface area contributed by atoms with Gasteiger partial charge in [-0.15, -0.1) is 0 Å². The molecule has 1 atom stereocenters. The minimum absolute atomic E-state index is 0.00644. The zero-order chi connectivity index (χ0) is 15.2. The third kappa shape index (κ3) is 2.25. The number of hydrogen-bond acceptors (Lipinski definition) is 5. The number of ether oxygens (including phenoxy) is 1. The van der Waals surface area contributed by atoms with Gasteiger partial charge in [0.1, 0.15) is 11.1 Å². The molecule has 0 radical (unpaired) electrons. The third-order valence-corrected chi connectivity index (χ3v) is 5.46. The highest BCUT2D eigenvalue weighted by Crippen LogP contribution is 2.23. The quantitative estimate of drug-likeness (QED) is 0.845. The van der Waals surface area contributed by atoms with Gasteiger partial charge in [-0.2, -0.15) is 0 Å². The first-order valence-electron chi connectivity index (χ1n) is 6.45. The van der Waals surface area contributed by atoms with E-state index in [-0.39, 0.29) is 23.3 Å². The summed E-state index contributed by atoms with van der Waals surface area (Å²) < 4.78 is 29.3. The predicted molar refractivity (Wildman–Crippen MR) is 77.7 cm³/mol. The molecule has 0 saturated carbocycles. The Morgan fingerprint density at radius 1 is 1.33 bits per heavy atom. The van der Waals surface area contributed by atoms with Crippen molar-refractivity contribution in [3.8, 4) is 5.75 Å². The van der Waals surface area contributed by atoms with Crippen LogP contribution in [0.25, 0.3) is 10.9 Å². The number of aromatic amines is 1. The van der Waals surface area contributed by atoms with E-state index in [1.807, 2.05) is 0 Å². The molecule has 21 heavy (non-hydrogen) atoms. The van der Waals surface area contributed by atoms with Gasteiger partial charge in [-0.1, -0.05) is 6.07 Å². The number of methoxy groups -OCH3 is 1. The van der Waals surface area contributed by atoms with Gasteiger partial charge < -0.3 is 9.72 Å². The van der Waals surface area contributed by atoms with Gasteiger partial charge in [0.25, 0.3) is 5.56 Å². The average molecular weight is 310 g/mol. The van der Waals surface area contributed by atoms with Crippen molar-refractivity contribution in [3.05, 3.63) is 39.0 Å². The molecule has 0 aliphatic carbocycles. The van der Waals surface area contributed by atoms with Crippen molar-refractivity contribution in [1.82, 2.24) is 9.55 Å². The number of hydrogen-bond donors (Lipinski definition) is 1. The van der Waals surface area contributed by atoms with Crippen LogP contribution in [0.5, 0.6) is 5.75 Å². The summed E-state index contributed by atoms with van der Waals surface area (Å²) in [6, 6.07) is 4.27. The summed E-state index contributed by atoms with van der Waals surface area (Å²) in [5.74, 6) is 0.160. The summed E-state index contributed by atoms with van der Waals surface area (Å²) in [6.45, 7) is 0. The fraction of sp³-hybridized carbons (Fsp3) is 0.385. The van der Waals surface area contributed by atoms with Gasteiger partial charge in [0.15, 0.2) is 9.84 Å². The Hall–Kier alpha value is -2.09. The van der Waals surface area contributed by atoms with E-state index in [1.165, 1.54) is 7.11 Å². The van der Waals surface area contributed by atoms with Crippen molar-refractivity contribution in [2.45, 2.75) is 12.5 Å². The van der Waals surface area contributed by atoms with E-state index >= 15 is 0 Å². The van der Waals surface area contributed by atoms with E-state index in [1.54, 1.807) is 18.2 Å². The molecule has 2 heterocycles. The number of rotatable bonds is 2. The topological polar surface area (TPSA) is 98.2 Å². The lowest BCUT2D eigenvalue weighted by Gasteiger charge is -2.13. The number of sulfone groups is 1. The zero-order valence-corrected chi connectivity index (χ0v) is 12.1. The van der Waals surface area contributed by atoms with Crippen LogP contribution < -0.4 is 16.0 Å². The lowest BCUT2D eigenvalue weighted by molar-refractivity contribution is 0.418. The minimum Gasteiger partial charge on any atom is -0.496 e. The molecule has 1 unspecified atom stereocenters. The molecule has 8 heteroatoms. The van der Waals surface area contributed by atoms with Crippen LogP contribution in [0.4, 0.5) is 0 Å². The largest absolute Gasteiger partial charge is 0.496 e. The monoisotopic (exact) mass is 310 g/mol. The second-order valence-corrected chi connectivity index (χ2v) is 7.27. The molecule has 1 saturated heterocycles. The Morgan fingerprint density at radius 2 is 2.10 bits per heavy atom. The minimum atomic E-state index is -3.19. The Morgan fingerprint density at radius 3 is 2.71 bits per heavy atom. The first kappa shape index (κ1) is 13.9. The van der Waals surface area contributed by atoms with E-state index in [0.29, 0.717) is 11.3 Å². The van der Waals surface area contributed by atoms with Crippen molar-refractivity contribution in [3.63, 3.8) is 0 Å². The molecule has 0 amide bonds. The molecule has 7 nitrogen and oxygen atoms in total. The molecular weight excluding hydrogens is 296 g/mol. The van der Waals surface area contributed by atoms with E-state index in [9.17, 15) is 18.0 Å². The van der Waals surface area contributed by atoms with Crippen LogP contribution in [0, 0.1) is 0 Å². The van der Waals surface area contributed by atoms with Gasteiger partial charge in [-0.3, -0.25) is 9.36 Å². The lowest BCUT2D eigenvalue weighted by Crippen LogP contribution is -2.38. The van der Waals surface area contributed by atoms with Crippen molar-refractivity contribution in [2.24, 2.45) is 0 Å².